The minimum Gasteiger partial charge on any atom is -0.352 e. The predicted molar refractivity (Wildman–Crippen MR) is 82.5 cm³/mol. The zero-order chi connectivity index (χ0) is 14.2. The molecule has 0 spiro atoms. The third kappa shape index (κ3) is 3.84. The molecule has 0 bridgehead atoms. The van der Waals surface area contributed by atoms with Crippen LogP contribution in [0.5, 0.6) is 0 Å². The van der Waals surface area contributed by atoms with E-state index in [-0.39, 0.29) is 6.29 Å². The Kier molecular flexibility index (Phi) is 5.61. The molecule has 104 valence electrons. The van der Waals surface area contributed by atoms with Crippen LogP contribution in [0, 0.1) is 11.8 Å². The fourth-order valence-corrected chi connectivity index (χ4v) is 2.10. The molecule has 2 heteroatoms. The van der Waals surface area contributed by atoms with Gasteiger partial charge in [-0.05, 0) is 30.7 Å². The summed E-state index contributed by atoms with van der Waals surface area (Å²) in [4.78, 5) is 0. The Bertz CT molecular complexity index is 596. The molecule has 0 atom stereocenters. The maximum absolute atomic E-state index is 5.48. The molecule has 0 saturated carbocycles. The first kappa shape index (κ1) is 14.6. The molecule has 0 heterocycles. The van der Waals surface area contributed by atoms with E-state index in [2.05, 4.69) is 30.0 Å². The third-order valence-electron chi connectivity index (χ3n) is 2.99. The van der Waals surface area contributed by atoms with Crippen molar-refractivity contribution in [1.29, 1.82) is 0 Å². The van der Waals surface area contributed by atoms with E-state index in [9.17, 15) is 0 Å². The van der Waals surface area contributed by atoms with Crippen molar-refractivity contribution < 1.29 is 9.47 Å². The first-order chi connectivity index (χ1) is 9.85. The molecule has 20 heavy (non-hydrogen) atoms. The quantitative estimate of drug-likeness (QED) is 0.603. The Morgan fingerprint density at radius 3 is 2.40 bits per heavy atom. The van der Waals surface area contributed by atoms with E-state index < -0.39 is 0 Å². The fourth-order valence-electron chi connectivity index (χ4n) is 2.10. The van der Waals surface area contributed by atoms with Gasteiger partial charge >= 0.3 is 0 Å². The molecular formula is C18H20O2. The van der Waals surface area contributed by atoms with Crippen LogP contribution < -0.4 is 0 Å². The van der Waals surface area contributed by atoms with Crippen molar-refractivity contribution in [3.8, 4) is 11.8 Å². The molecule has 0 aliphatic carbocycles. The lowest BCUT2D eigenvalue weighted by Gasteiger charge is -2.13. The van der Waals surface area contributed by atoms with E-state index in [1.165, 1.54) is 10.8 Å². The monoisotopic (exact) mass is 268 g/mol. The van der Waals surface area contributed by atoms with Crippen molar-refractivity contribution in [2.45, 2.75) is 26.6 Å². The molecule has 0 unspecified atom stereocenters. The van der Waals surface area contributed by atoms with Crippen LogP contribution in [0.4, 0.5) is 0 Å². The molecule has 2 aromatic carbocycles. The number of hydrogen-bond donors (Lipinski definition) is 0. The second-order valence-corrected chi connectivity index (χ2v) is 4.37. The Labute approximate surface area is 120 Å². The largest absolute Gasteiger partial charge is 0.352 e. The van der Waals surface area contributed by atoms with Crippen molar-refractivity contribution in [1.82, 2.24) is 0 Å². The summed E-state index contributed by atoms with van der Waals surface area (Å²) in [6.45, 7) is 5.20. The molecule has 0 radical (unpaired) electrons. The molecular weight excluding hydrogens is 248 g/mol. The lowest BCUT2D eigenvalue weighted by molar-refractivity contribution is -0.131. The van der Waals surface area contributed by atoms with Crippen molar-refractivity contribution in [2.24, 2.45) is 0 Å². The summed E-state index contributed by atoms with van der Waals surface area (Å²) in [6, 6.07) is 14.5. The molecule has 0 aliphatic heterocycles. The van der Waals surface area contributed by atoms with Gasteiger partial charge in [0, 0.05) is 18.8 Å². The van der Waals surface area contributed by atoms with Crippen molar-refractivity contribution in [2.75, 3.05) is 13.2 Å². The predicted octanol–water partition coefficient (Wildman–Crippen LogP) is 3.98. The number of hydrogen-bond acceptors (Lipinski definition) is 2. The van der Waals surface area contributed by atoms with Gasteiger partial charge in [0.05, 0.1) is 6.42 Å². The number of benzene rings is 2. The summed E-state index contributed by atoms with van der Waals surface area (Å²) in [6.07, 6.45) is 0.359. The maximum atomic E-state index is 5.48. The van der Waals surface area contributed by atoms with Gasteiger partial charge in [0.1, 0.15) is 0 Å². The van der Waals surface area contributed by atoms with Gasteiger partial charge in [0.15, 0.2) is 6.29 Å². The number of rotatable bonds is 5. The first-order valence-electron chi connectivity index (χ1n) is 7.05. The van der Waals surface area contributed by atoms with Crippen LogP contribution in [0.2, 0.25) is 0 Å². The summed E-state index contributed by atoms with van der Waals surface area (Å²) >= 11 is 0. The summed E-state index contributed by atoms with van der Waals surface area (Å²) in [5.74, 6) is 6.39. The lowest BCUT2D eigenvalue weighted by atomic mass is 10.1. The highest BCUT2D eigenvalue weighted by Gasteiger charge is 2.04. The van der Waals surface area contributed by atoms with Gasteiger partial charge in [-0.2, -0.15) is 0 Å². The van der Waals surface area contributed by atoms with Gasteiger partial charge in [-0.25, -0.2) is 0 Å². The summed E-state index contributed by atoms with van der Waals surface area (Å²) in [5.41, 5.74) is 1.05. The van der Waals surface area contributed by atoms with Gasteiger partial charge in [-0.15, -0.1) is 0 Å². The van der Waals surface area contributed by atoms with Gasteiger partial charge < -0.3 is 9.47 Å². The molecule has 0 aromatic heterocycles. The smallest absolute Gasteiger partial charge is 0.168 e. The molecule has 2 nitrogen and oxygen atoms in total. The molecule has 0 amide bonds. The average Bonchev–Trinajstić information content (AvgIpc) is 2.48. The summed E-state index contributed by atoms with van der Waals surface area (Å²) in [5, 5.41) is 2.40. The van der Waals surface area contributed by atoms with E-state index in [1.54, 1.807) is 0 Å². The number of fused-ring (bicyclic) bond motifs is 1. The first-order valence-corrected chi connectivity index (χ1v) is 7.05. The minimum atomic E-state index is -0.229. The van der Waals surface area contributed by atoms with Gasteiger partial charge in [-0.1, -0.05) is 48.2 Å². The highest BCUT2D eigenvalue weighted by atomic mass is 16.7. The third-order valence-corrected chi connectivity index (χ3v) is 2.99. The van der Waals surface area contributed by atoms with Crippen LogP contribution in [-0.2, 0) is 9.47 Å². The molecule has 2 aromatic rings. The zero-order valence-corrected chi connectivity index (χ0v) is 12.1. The van der Waals surface area contributed by atoms with E-state index in [4.69, 9.17) is 9.47 Å². The van der Waals surface area contributed by atoms with Gasteiger partial charge in [0.2, 0.25) is 0 Å². The highest BCUT2D eigenvalue weighted by molar-refractivity contribution is 5.88. The Balaban J connectivity index is 2.14. The maximum Gasteiger partial charge on any atom is 0.168 e. The average molecular weight is 268 g/mol. The molecule has 0 aliphatic rings. The van der Waals surface area contributed by atoms with Crippen LogP contribution in [0.25, 0.3) is 10.8 Å². The van der Waals surface area contributed by atoms with Crippen LogP contribution in [0.3, 0.4) is 0 Å². The Morgan fingerprint density at radius 1 is 0.950 bits per heavy atom. The van der Waals surface area contributed by atoms with E-state index in [1.807, 2.05) is 38.1 Å². The van der Waals surface area contributed by atoms with E-state index in [0.717, 1.165) is 5.56 Å². The molecule has 2 rings (SSSR count). The second-order valence-electron chi connectivity index (χ2n) is 4.37. The minimum absolute atomic E-state index is 0.229. The normalized spacial score (nSPS) is 10.6. The van der Waals surface area contributed by atoms with Crippen LogP contribution in [0.1, 0.15) is 25.8 Å². The standard InChI is InChI=1S/C18H20O2/c1-3-19-18(20-4-2)14-8-12-16-11-7-10-15-9-5-6-13-17(15)16/h5-7,9-11,13,18H,3-4,14H2,1-2H3. The van der Waals surface area contributed by atoms with Crippen molar-refractivity contribution >= 4 is 10.8 Å². The fraction of sp³-hybridized carbons (Fsp3) is 0.333. The summed E-state index contributed by atoms with van der Waals surface area (Å²) in [7, 11) is 0. The van der Waals surface area contributed by atoms with Crippen molar-refractivity contribution in [3.63, 3.8) is 0 Å². The Hall–Kier alpha value is -1.82. The SMILES string of the molecule is CCOC(CC#Cc1cccc2ccccc12)OCC. The molecule has 0 saturated heterocycles. The zero-order valence-electron chi connectivity index (χ0n) is 12.1. The second kappa shape index (κ2) is 7.69. The lowest BCUT2D eigenvalue weighted by Crippen LogP contribution is -2.16. The van der Waals surface area contributed by atoms with Crippen LogP contribution in [0.15, 0.2) is 42.5 Å². The molecule has 0 N–H and O–H groups in total. The van der Waals surface area contributed by atoms with Gasteiger partial charge in [0.25, 0.3) is 0 Å². The topological polar surface area (TPSA) is 18.5 Å². The van der Waals surface area contributed by atoms with E-state index >= 15 is 0 Å². The van der Waals surface area contributed by atoms with Crippen LogP contribution >= 0.6 is 0 Å². The van der Waals surface area contributed by atoms with Crippen LogP contribution in [-0.4, -0.2) is 19.5 Å². The van der Waals surface area contributed by atoms with Crippen molar-refractivity contribution in [3.05, 3.63) is 48.0 Å². The number of ether oxygens (including phenoxy) is 2. The highest BCUT2D eigenvalue weighted by Crippen LogP contribution is 2.17. The van der Waals surface area contributed by atoms with Gasteiger partial charge in [-0.3, -0.25) is 0 Å². The summed E-state index contributed by atoms with van der Waals surface area (Å²) < 4.78 is 11.0. The molecule has 0 fully saturated rings. The Morgan fingerprint density at radius 2 is 1.65 bits per heavy atom. The van der Waals surface area contributed by atoms with E-state index in [0.29, 0.717) is 19.6 Å².